The molecule has 0 atom stereocenters. The van der Waals surface area contributed by atoms with Crippen LogP contribution in [0.25, 0.3) is 0 Å². The van der Waals surface area contributed by atoms with Crippen LogP contribution in [0.15, 0.2) is 392 Å². The molecule has 394 valence electrons. The molecule has 0 aromatic carbocycles. The summed E-state index contributed by atoms with van der Waals surface area (Å²) in [4.78, 5) is 4.19. The molecule has 77 nitrogen and oxygen atoms in total. The summed E-state index contributed by atoms with van der Waals surface area (Å²) >= 11 is 0. The molecule has 0 radical (unpaired) electrons. The Morgan fingerprint density at radius 1 is 0.128 bits per heavy atom. The van der Waals surface area contributed by atoms with Crippen molar-refractivity contribution < 1.29 is 4.84 Å². The summed E-state index contributed by atoms with van der Waals surface area (Å²) < 4.78 is 0. The molecule has 77 heteroatoms. The highest BCUT2D eigenvalue weighted by molar-refractivity contribution is 4.20. The number of nitrogens with one attached hydrogen (secondary N) is 1. The lowest BCUT2D eigenvalue weighted by atomic mass is 11.7. The summed E-state index contributed by atoms with van der Waals surface area (Å²) in [5.41, 5.74) is 6.26. The van der Waals surface area contributed by atoms with Crippen LogP contribution < -0.4 is 0 Å². The third kappa shape index (κ3) is 60.6. The molecule has 0 bridgehead atoms. The molecule has 0 amide bonds. The maximum Gasteiger partial charge on any atom is 0.108 e. The van der Waals surface area contributed by atoms with Crippen molar-refractivity contribution in [1.82, 2.24) is 0 Å². The largest absolute Gasteiger partial charge is 0.381 e. The molecular weight excluding hydrogens is 1090 g/mol. The van der Waals surface area contributed by atoms with E-state index in [9.17, 15) is 0 Å². The maximum atomic E-state index is 6.26. The van der Waals surface area contributed by atoms with Gasteiger partial charge in [0.25, 0.3) is 0 Å². The van der Waals surface area contributed by atoms with Gasteiger partial charge in [-0.05, 0) is 41.8 Å². The topological polar surface area (TPSA) is 960 Å². The van der Waals surface area contributed by atoms with Gasteiger partial charge in [-0.2, -0.15) is 5.53 Å². The van der Waals surface area contributed by atoms with Crippen LogP contribution in [0.2, 0.25) is 0 Å². The fraction of sp³-hybridized carbons (Fsp3) is 1.00. The molecule has 78 heavy (non-hydrogen) atoms. The lowest BCUT2D eigenvalue weighted by Gasteiger charge is -1.74. The van der Waals surface area contributed by atoms with Gasteiger partial charge in [0.15, 0.2) is 0 Å². The van der Waals surface area contributed by atoms with Crippen molar-refractivity contribution in [2.45, 2.75) is 0 Å². The zero-order valence-corrected chi connectivity index (χ0v) is 35.4. The minimum atomic E-state index is 1.24. The molecule has 0 aliphatic rings. The third-order valence-corrected chi connectivity index (χ3v) is 3.04. The Morgan fingerprint density at radius 2 is 0.205 bits per heavy atom. The quantitative estimate of drug-likeness (QED) is 0.0457. The number of hydrogen-bond acceptors (Lipinski definition) is 3. The molecular formula is CH4N76O. The molecule has 0 saturated carbocycles. The van der Waals surface area contributed by atoms with Gasteiger partial charge in [-0.15, -0.1) is 0 Å². The van der Waals surface area contributed by atoms with Gasteiger partial charge in [0.1, 0.15) is 7.11 Å². The summed E-state index contributed by atoms with van der Waals surface area (Å²) in [6.07, 6.45) is 0. The molecule has 0 aromatic heterocycles. The molecule has 1 N–H and O–H groups in total. The van der Waals surface area contributed by atoms with Crippen molar-refractivity contribution in [3.63, 3.8) is 0 Å². The van der Waals surface area contributed by atoms with Crippen molar-refractivity contribution in [3.05, 3.63) is 0 Å². The van der Waals surface area contributed by atoms with Crippen molar-refractivity contribution in [2.24, 2.45) is 392 Å². The standard InChI is InChI=1S/CH4N76O/c1-78-77-76-75-74-73-72-71-70-69-68-67-66-65-64-63-62-61-60-59-58-57-56-55-54-53-52-51-50-49-48-47-46-45-44-43-42-41-40-39-38-37-36-35-34-33-32-31-30-29-28-27-26-25-24-23-22-21-20-19-18-17-16-15-14-13-12-11-10-9-8-7-6-5-4-3-2/h2H,1H3. The Kier molecular flexibility index (Phi) is 49.4. The normalized spacial score (nSPS) is 15.4. The average Bonchev–Trinajstić information content (AvgIpc) is 3.45. The van der Waals surface area contributed by atoms with E-state index >= 15 is 0 Å². The first-order chi connectivity index (χ1) is 38.9. The second kappa shape index (κ2) is 61.6. The third-order valence-electron chi connectivity index (χ3n) is 3.04. The molecule has 0 aliphatic carbocycles. The number of rotatable bonds is 38. The summed E-state index contributed by atoms with van der Waals surface area (Å²) in [6.45, 7) is 0. The summed E-state index contributed by atoms with van der Waals surface area (Å²) in [7, 11) is 1.24. The Bertz CT molecular complexity index is 2720. The first-order valence-corrected chi connectivity index (χ1v) is 15.6. The monoisotopic (exact) mass is 1100 g/mol. The lowest BCUT2D eigenvalue weighted by molar-refractivity contribution is 0.185. The van der Waals surface area contributed by atoms with Gasteiger partial charge in [-0.3, -0.25) is 0 Å². The SMILES string of the molecule is CON=NN=NN=NN=NN=NN=NN=NN=NN=NN=NN=NN=NN=NN=NN=NN=NN=NN=NN=NN=NN=NN=NN=NN=NN=NN=NN=NN=NN=NN=NN=NN=NN=NN=NN=NN=NN=NN=N. The highest BCUT2D eigenvalue weighted by Gasteiger charge is 1.78. The van der Waals surface area contributed by atoms with Gasteiger partial charge in [0.2, 0.25) is 0 Å². The van der Waals surface area contributed by atoms with Gasteiger partial charge in [-0.1, -0.05) is 0 Å². The molecule has 0 unspecified atom stereocenters. The Hall–Kier alpha value is -15.4. The van der Waals surface area contributed by atoms with Crippen LogP contribution in [0.3, 0.4) is 0 Å². The zero-order valence-electron chi connectivity index (χ0n) is 35.4. The predicted molar refractivity (Wildman–Crippen MR) is 192 cm³/mol. The van der Waals surface area contributed by atoms with E-state index in [4.69, 9.17) is 5.53 Å². The van der Waals surface area contributed by atoms with E-state index in [0.717, 1.165) is 0 Å². The van der Waals surface area contributed by atoms with Crippen LogP contribution in [0.1, 0.15) is 0 Å². The molecule has 0 aromatic rings. The Balaban J connectivity index is 4.10. The zero-order chi connectivity index (χ0) is 55.7. The van der Waals surface area contributed by atoms with E-state index in [1.54, 1.807) is 0 Å². The number of hydrogen-bond donors (Lipinski definition) is 1. The minimum Gasteiger partial charge on any atom is -0.381 e. The fourth-order valence-corrected chi connectivity index (χ4v) is 1.34. The second-order valence-corrected chi connectivity index (χ2v) is 6.89. The highest BCUT2D eigenvalue weighted by Crippen LogP contribution is 1.96. The van der Waals surface area contributed by atoms with E-state index in [-0.39, 0.29) is 0 Å². The molecule has 0 saturated heterocycles. The van der Waals surface area contributed by atoms with E-state index in [0.29, 0.717) is 0 Å². The van der Waals surface area contributed by atoms with Gasteiger partial charge in [0.05, 0.1) is 0 Å². The van der Waals surface area contributed by atoms with E-state index in [2.05, 4.69) is 397 Å². The first-order valence-electron chi connectivity index (χ1n) is 15.6. The first kappa shape index (κ1) is 62.6. The smallest absolute Gasteiger partial charge is 0.108 e. The minimum absolute atomic E-state index is 1.24. The van der Waals surface area contributed by atoms with Gasteiger partial charge >= 0.3 is 0 Å². The van der Waals surface area contributed by atoms with Crippen molar-refractivity contribution in [3.8, 4) is 0 Å². The van der Waals surface area contributed by atoms with Crippen LogP contribution in [0.4, 0.5) is 0 Å². The van der Waals surface area contributed by atoms with Crippen molar-refractivity contribution in [2.75, 3.05) is 7.11 Å². The Labute approximate surface area is 409 Å². The molecule has 0 aliphatic heterocycles. The van der Waals surface area contributed by atoms with E-state index in [1.165, 1.54) is 7.11 Å². The van der Waals surface area contributed by atoms with Crippen LogP contribution in [-0.4, -0.2) is 7.11 Å². The van der Waals surface area contributed by atoms with E-state index < -0.39 is 0 Å². The number of nitrogens with zero attached hydrogens (tertiary/aromatic N) is 75. The molecule has 0 rings (SSSR count). The van der Waals surface area contributed by atoms with Gasteiger partial charge in [0, 0.05) is 350 Å². The van der Waals surface area contributed by atoms with Crippen LogP contribution in [0, 0.1) is 5.53 Å². The van der Waals surface area contributed by atoms with E-state index in [1.807, 2.05) is 0 Å². The second-order valence-electron chi connectivity index (χ2n) is 6.89. The van der Waals surface area contributed by atoms with Gasteiger partial charge in [-0.25, -0.2) is 0 Å². The molecule has 0 fully saturated rings. The fourth-order valence-electron chi connectivity index (χ4n) is 1.34. The average molecular weight is 1100 g/mol. The van der Waals surface area contributed by atoms with Crippen LogP contribution >= 0.6 is 0 Å². The van der Waals surface area contributed by atoms with Crippen molar-refractivity contribution >= 4 is 0 Å². The summed E-state index contributed by atoms with van der Waals surface area (Å²) in [6, 6.07) is 0. The molecule has 0 spiro atoms. The summed E-state index contributed by atoms with van der Waals surface area (Å²) in [5.74, 6) is 0. The van der Waals surface area contributed by atoms with Crippen LogP contribution in [-0.2, 0) is 4.84 Å². The molecule has 0 heterocycles. The maximum absolute atomic E-state index is 6.26. The Morgan fingerprint density at radius 3 is 0.282 bits per heavy atom. The predicted octanol–water partition coefficient (Wildman–Crippen LogP) is 14.2. The van der Waals surface area contributed by atoms with Gasteiger partial charge < -0.3 is 4.84 Å². The highest BCUT2D eigenvalue weighted by atomic mass is 16.6. The van der Waals surface area contributed by atoms with Crippen molar-refractivity contribution in [1.29, 1.82) is 5.53 Å². The van der Waals surface area contributed by atoms with Crippen LogP contribution in [0.5, 0.6) is 0 Å². The summed E-state index contributed by atoms with van der Waals surface area (Å²) in [5, 5.41) is 224. The lowest BCUT2D eigenvalue weighted by Crippen LogP contribution is -1.59.